The summed E-state index contributed by atoms with van der Waals surface area (Å²) in [7, 11) is -4.28. The summed E-state index contributed by atoms with van der Waals surface area (Å²) in [5.41, 5.74) is 5.34. The Morgan fingerprint density at radius 2 is 1.11 bits per heavy atom. The number of phosphoric acid groups is 1. The summed E-state index contributed by atoms with van der Waals surface area (Å²) in [4.78, 5) is 22.3. The van der Waals surface area contributed by atoms with E-state index in [1.54, 1.807) is 6.26 Å². The Kier molecular flexibility index (Phi) is 34.2. The molecule has 0 amide bonds. The van der Waals surface area contributed by atoms with E-state index in [0.717, 1.165) is 38.5 Å². The van der Waals surface area contributed by atoms with E-state index in [9.17, 15) is 14.3 Å². The van der Waals surface area contributed by atoms with Crippen LogP contribution in [0.5, 0.6) is 0 Å². The highest BCUT2D eigenvalue weighted by Crippen LogP contribution is 2.43. The van der Waals surface area contributed by atoms with E-state index in [-0.39, 0.29) is 32.3 Å². The molecule has 1 unspecified atom stereocenters. The van der Waals surface area contributed by atoms with Gasteiger partial charge >= 0.3 is 13.8 Å². The number of hydrogen-bond acceptors (Lipinski definition) is 7. The second kappa shape index (κ2) is 35.1. The first-order valence-corrected chi connectivity index (χ1v) is 20.4. The Labute approximate surface area is 283 Å². The van der Waals surface area contributed by atoms with Crippen molar-refractivity contribution in [1.29, 1.82) is 0 Å². The van der Waals surface area contributed by atoms with Crippen LogP contribution < -0.4 is 5.73 Å². The molecule has 0 radical (unpaired) electrons. The maximum Gasteiger partial charge on any atom is 0.472 e. The van der Waals surface area contributed by atoms with Gasteiger partial charge in [0, 0.05) is 13.0 Å². The lowest BCUT2D eigenvalue weighted by atomic mass is 10.1. The fourth-order valence-corrected chi connectivity index (χ4v) is 5.90. The van der Waals surface area contributed by atoms with Gasteiger partial charge in [0.25, 0.3) is 0 Å². The van der Waals surface area contributed by atoms with Gasteiger partial charge in [-0.2, -0.15) is 0 Å². The van der Waals surface area contributed by atoms with E-state index in [2.05, 4.69) is 26.0 Å². The van der Waals surface area contributed by atoms with Crippen LogP contribution in [0.4, 0.5) is 0 Å². The Morgan fingerprint density at radius 1 is 0.652 bits per heavy atom. The monoisotopic (exact) mass is 674 g/mol. The molecule has 0 saturated carbocycles. The van der Waals surface area contributed by atoms with Crippen LogP contribution in [0.3, 0.4) is 0 Å². The van der Waals surface area contributed by atoms with E-state index in [4.69, 9.17) is 24.3 Å². The van der Waals surface area contributed by atoms with E-state index < -0.39 is 13.9 Å². The minimum Gasteiger partial charge on any atom is -0.498 e. The third kappa shape index (κ3) is 34.2. The molecular formula is C37H72NO7P. The summed E-state index contributed by atoms with van der Waals surface area (Å²) < 4.78 is 33.0. The van der Waals surface area contributed by atoms with Crippen LogP contribution in [-0.4, -0.2) is 43.3 Å². The normalized spacial score (nSPS) is 13.8. The van der Waals surface area contributed by atoms with Crippen LogP contribution in [0.1, 0.15) is 174 Å². The van der Waals surface area contributed by atoms with Crippen molar-refractivity contribution in [2.45, 2.75) is 180 Å². The van der Waals surface area contributed by atoms with Gasteiger partial charge in [-0.1, -0.05) is 135 Å². The molecule has 0 rings (SSSR count). The predicted molar refractivity (Wildman–Crippen MR) is 192 cm³/mol. The second-order valence-corrected chi connectivity index (χ2v) is 14.0. The lowest BCUT2D eigenvalue weighted by Crippen LogP contribution is -2.27. The van der Waals surface area contributed by atoms with Gasteiger partial charge in [-0.25, -0.2) is 4.57 Å². The number of allylic oxidation sites excluding steroid dienone is 3. The van der Waals surface area contributed by atoms with Gasteiger partial charge in [0.1, 0.15) is 6.61 Å². The summed E-state index contributed by atoms with van der Waals surface area (Å²) in [6.45, 7) is 4.21. The average molecular weight is 674 g/mol. The van der Waals surface area contributed by atoms with Crippen LogP contribution in [0.2, 0.25) is 0 Å². The summed E-state index contributed by atoms with van der Waals surface area (Å²) in [6.07, 6.45) is 37.1. The highest BCUT2D eigenvalue weighted by molar-refractivity contribution is 7.47. The molecule has 46 heavy (non-hydrogen) atoms. The Balaban J connectivity index is 4.15. The topological polar surface area (TPSA) is 117 Å². The minimum atomic E-state index is -4.28. The highest BCUT2D eigenvalue weighted by atomic mass is 31.2. The van der Waals surface area contributed by atoms with Crippen molar-refractivity contribution in [3.63, 3.8) is 0 Å². The first-order chi connectivity index (χ1) is 22.4. The van der Waals surface area contributed by atoms with Crippen LogP contribution in [-0.2, 0) is 27.9 Å². The standard InChI is InChI=1S/C37H72NO7P/c1-3-5-7-9-11-13-15-16-17-18-19-21-23-25-27-29-32-42-34-36(35-44-46(40,41)43-33-31-38)45-37(39)30-28-26-24-22-20-14-12-10-8-6-4-2/h16-17,29,32,36H,3-15,18-28,30-31,33-35,38H2,1-2H3,(H,40,41)/b17-16-,32-29-/t36-/m1/s1. The Bertz CT molecular complexity index is 762. The number of unbranched alkanes of at least 4 members (excludes halogenated alkanes) is 21. The molecule has 272 valence electrons. The zero-order chi connectivity index (χ0) is 33.8. The number of rotatable bonds is 36. The van der Waals surface area contributed by atoms with Crippen LogP contribution in [0, 0.1) is 0 Å². The second-order valence-electron chi connectivity index (χ2n) is 12.5. The van der Waals surface area contributed by atoms with Gasteiger partial charge in [-0.15, -0.1) is 0 Å². The summed E-state index contributed by atoms with van der Waals surface area (Å²) in [5.74, 6) is -0.356. The average Bonchev–Trinajstić information content (AvgIpc) is 3.04. The first-order valence-electron chi connectivity index (χ1n) is 18.9. The van der Waals surface area contributed by atoms with Crippen LogP contribution in [0.25, 0.3) is 0 Å². The zero-order valence-corrected chi connectivity index (χ0v) is 30.7. The fourth-order valence-electron chi connectivity index (χ4n) is 5.13. The fraction of sp³-hybridized carbons (Fsp3) is 0.865. The van der Waals surface area contributed by atoms with E-state index in [0.29, 0.717) is 6.42 Å². The highest BCUT2D eigenvalue weighted by Gasteiger charge is 2.25. The molecule has 3 N–H and O–H groups in total. The number of hydrogen-bond donors (Lipinski definition) is 2. The molecule has 0 aromatic heterocycles. The maximum atomic E-state index is 12.5. The van der Waals surface area contributed by atoms with Crippen molar-refractivity contribution in [2.24, 2.45) is 5.73 Å². The van der Waals surface area contributed by atoms with Crippen molar-refractivity contribution in [1.82, 2.24) is 0 Å². The molecule has 0 bridgehead atoms. The predicted octanol–water partition coefficient (Wildman–Crippen LogP) is 10.9. The Morgan fingerprint density at radius 3 is 1.61 bits per heavy atom. The molecule has 0 aromatic rings. The van der Waals surface area contributed by atoms with Crippen molar-refractivity contribution in [3.05, 3.63) is 24.5 Å². The smallest absolute Gasteiger partial charge is 0.472 e. The third-order valence-corrected chi connectivity index (χ3v) is 8.92. The lowest BCUT2D eigenvalue weighted by molar-refractivity contribution is -0.153. The van der Waals surface area contributed by atoms with Gasteiger partial charge in [0.15, 0.2) is 6.10 Å². The molecule has 0 spiro atoms. The molecule has 0 aromatic carbocycles. The molecule has 0 aliphatic heterocycles. The molecule has 9 heteroatoms. The number of nitrogens with two attached hydrogens (primary N) is 1. The SMILES string of the molecule is CCCCCCCC/C=C\CCCCCC/C=C\OC[C@H](COP(=O)(O)OCCN)OC(=O)CCCCCCCCCCCCC. The van der Waals surface area contributed by atoms with Gasteiger partial charge in [0.05, 0.1) is 19.5 Å². The molecule has 0 fully saturated rings. The minimum absolute atomic E-state index is 0.0302. The van der Waals surface area contributed by atoms with E-state index in [1.165, 1.54) is 116 Å². The first kappa shape index (κ1) is 44.8. The molecule has 0 heterocycles. The van der Waals surface area contributed by atoms with Crippen molar-refractivity contribution < 1.29 is 32.8 Å². The number of esters is 1. The maximum absolute atomic E-state index is 12.5. The molecule has 0 aliphatic rings. The summed E-state index contributed by atoms with van der Waals surface area (Å²) in [6, 6.07) is 0. The third-order valence-electron chi connectivity index (χ3n) is 7.94. The molecular weight excluding hydrogens is 601 g/mol. The van der Waals surface area contributed by atoms with E-state index >= 15 is 0 Å². The zero-order valence-electron chi connectivity index (χ0n) is 29.8. The molecule has 0 aliphatic carbocycles. The van der Waals surface area contributed by atoms with Crippen LogP contribution >= 0.6 is 7.82 Å². The number of carbonyl (C=O) groups excluding carboxylic acids is 1. The van der Waals surface area contributed by atoms with Crippen LogP contribution in [0.15, 0.2) is 24.5 Å². The Hall–Kier alpha value is -1.18. The largest absolute Gasteiger partial charge is 0.498 e. The molecule has 2 atom stereocenters. The quantitative estimate of drug-likeness (QED) is 0.0222. The lowest BCUT2D eigenvalue weighted by Gasteiger charge is -2.19. The van der Waals surface area contributed by atoms with E-state index in [1.807, 2.05) is 6.08 Å². The van der Waals surface area contributed by atoms with Crippen molar-refractivity contribution in [3.8, 4) is 0 Å². The van der Waals surface area contributed by atoms with Gasteiger partial charge in [-0.05, 0) is 51.0 Å². The van der Waals surface area contributed by atoms with Gasteiger partial charge < -0.3 is 20.1 Å². The molecule has 0 saturated heterocycles. The number of phosphoric ester groups is 1. The van der Waals surface area contributed by atoms with Crippen molar-refractivity contribution >= 4 is 13.8 Å². The number of ether oxygens (including phenoxy) is 2. The number of carbonyl (C=O) groups is 1. The van der Waals surface area contributed by atoms with Gasteiger partial charge in [0.2, 0.25) is 0 Å². The summed E-state index contributed by atoms with van der Waals surface area (Å²) >= 11 is 0. The molecule has 8 nitrogen and oxygen atoms in total. The van der Waals surface area contributed by atoms with Gasteiger partial charge in [-0.3, -0.25) is 13.8 Å². The summed E-state index contributed by atoms with van der Waals surface area (Å²) in [5, 5.41) is 0. The van der Waals surface area contributed by atoms with Crippen molar-refractivity contribution in [2.75, 3.05) is 26.4 Å².